The van der Waals surface area contributed by atoms with Crippen molar-refractivity contribution in [2.45, 2.75) is 6.04 Å². The fourth-order valence-corrected chi connectivity index (χ4v) is 2.33. The first-order valence-electron chi connectivity index (χ1n) is 5.71. The minimum atomic E-state index is -0.794. The van der Waals surface area contributed by atoms with E-state index in [2.05, 4.69) is 26.8 Å². The number of nitrogens with zero attached hydrogens (tertiary/aromatic N) is 4. The number of benzene rings is 1. The van der Waals surface area contributed by atoms with Gasteiger partial charge in [-0.1, -0.05) is 40.9 Å². The largest absolute Gasteiger partial charge is 0.466 e. The normalized spacial score (nSPS) is 12.0. The lowest BCUT2D eigenvalue weighted by molar-refractivity contribution is -0.136. The summed E-state index contributed by atoms with van der Waals surface area (Å²) in [5, 5.41) is 11.6. The number of hydrogen-bond donors (Lipinski definition) is 1. The van der Waals surface area contributed by atoms with Gasteiger partial charge in [-0.2, -0.15) is 4.68 Å². The van der Waals surface area contributed by atoms with Gasteiger partial charge >= 0.3 is 5.97 Å². The Morgan fingerprint density at radius 2 is 2.19 bits per heavy atom. The molecule has 110 valence electrons. The standard InChI is InChI=1S/C12H11Cl2N5O2/c1-6(11(20)21-2)10(19-12(15)16-17-18-19)8-4-3-7(13)5-9(8)14/h3-5,10H,1H2,2H3,(H2,15,16,18). The number of carbonyl (C=O) groups is 1. The summed E-state index contributed by atoms with van der Waals surface area (Å²) >= 11 is 12.1. The highest BCUT2D eigenvalue weighted by Crippen LogP contribution is 2.33. The number of ether oxygens (including phenoxy) is 1. The smallest absolute Gasteiger partial charge is 0.335 e. The van der Waals surface area contributed by atoms with Crippen LogP contribution in [0.2, 0.25) is 10.0 Å². The van der Waals surface area contributed by atoms with Crippen LogP contribution in [0.4, 0.5) is 5.95 Å². The van der Waals surface area contributed by atoms with Crippen molar-refractivity contribution < 1.29 is 9.53 Å². The Hall–Kier alpha value is -2.12. The number of hydrogen-bond acceptors (Lipinski definition) is 6. The van der Waals surface area contributed by atoms with Crippen LogP contribution in [0.15, 0.2) is 30.4 Å². The number of nitrogens with two attached hydrogens (primary N) is 1. The molecule has 2 N–H and O–H groups in total. The van der Waals surface area contributed by atoms with E-state index in [1.807, 2.05) is 0 Å². The predicted molar refractivity (Wildman–Crippen MR) is 78.0 cm³/mol. The maximum Gasteiger partial charge on any atom is 0.335 e. The van der Waals surface area contributed by atoms with Crippen LogP contribution >= 0.6 is 23.2 Å². The van der Waals surface area contributed by atoms with E-state index < -0.39 is 12.0 Å². The Morgan fingerprint density at radius 3 is 2.71 bits per heavy atom. The summed E-state index contributed by atoms with van der Waals surface area (Å²) in [6.07, 6.45) is 0. The second-order valence-electron chi connectivity index (χ2n) is 4.07. The lowest BCUT2D eigenvalue weighted by Crippen LogP contribution is -2.22. The summed E-state index contributed by atoms with van der Waals surface area (Å²) < 4.78 is 5.92. The van der Waals surface area contributed by atoms with E-state index in [0.717, 1.165) is 0 Å². The molecule has 0 aliphatic rings. The third kappa shape index (κ3) is 2.98. The van der Waals surface area contributed by atoms with Gasteiger partial charge in [0.1, 0.15) is 6.04 Å². The van der Waals surface area contributed by atoms with Crippen molar-refractivity contribution >= 4 is 35.1 Å². The van der Waals surface area contributed by atoms with E-state index in [4.69, 9.17) is 28.9 Å². The Kier molecular flexibility index (Phi) is 4.44. The fraction of sp³-hybridized carbons (Fsp3) is 0.167. The molecule has 9 heteroatoms. The van der Waals surface area contributed by atoms with E-state index in [-0.39, 0.29) is 11.5 Å². The Bertz CT molecular complexity index is 701. The van der Waals surface area contributed by atoms with Gasteiger partial charge in [-0.3, -0.25) is 0 Å². The molecule has 0 fully saturated rings. The van der Waals surface area contributed by atoms with Crippen LogP contribution in [-0.4, -0.2) is 33.3 Å². The summed E-state index contributed by atoms with van der Waals surface area (Å²) in [7, 11) is 1.25. The monoisotopic (exact) mass is 327 g/mol. The van der Waals surface area contributed by atoms with Crippen molar-refractivity contribution in [1.29, 1.82) is 0 Å². The van der Waals surface area contributed by atoms with Crippen LogP contribution in [0, 0.1) is 0 Å². The second kappa shape index (κ2) is 6.11. The number of halogens is 2. The molecule has 0 saturated carbocycles. The highest BCUT2D eigenvalue weighted by Gasteiger charge is 2.28. The Balaban J connectivity index is 2.58. The first-order valence-corrected chi connectivity index (χ1v) is 6.46. The summed E-state index contributed by atoms with van der Waals surface area (Å²) in [5.74, 6) is -0.614. The minimum absolute atomic E-state index is 0.0102. The number of rotatable bonds is 4. The molecule has 21 heavy (non-hydrogen) atoms. The molecule has 2 aromatic rings. The first-order chi connectivity index (χ1) is 9.95. The molecule has 0 aliphatic heterocycles. The van der Waals surface area contributed by atoms with E-state index in [0.29, 0.717) is 15.6 Å². The van der Waals surface area contributed by atoms with Gasteiger partial charge in [0.15, 0.2) is 0 Å². The molecule has 0 radical (unpaired) electrons. The van der Waals surface area contributed by atoms with Gasteiger partial charge in [-0.05, 0) is 22.6 Å². The van der Waals surface area contributed by atoms with Crippen LogP contribution < -0.4 is 5.73 Å². The Morgan fingerprint density at radius 1 is 1.48 bits per heavy atom. The fourth-order valence-electron chi connectivity index (χ4n) is 1.82. The molecule has 0 spiro atoms. The van der Waals surface area contributed by atoms with Gasteiger partial charge < -0.3 is 10.5 Å². The van der Waals surface area contributed by atoms with Gasteiger partial charge in [0.05, 0.1) is 12.7 Å². The quantitative estimate of drug-likeness (QED) is 0.680. The summed E-state index contributed by atoms with van der Waals surface area (Å²) in [5.41, 5.74) is 6.31. The maximum atomic E-state index is 11.8. The maximum absolute atomic E-state index is 11.8. The molecule has 0 aliphatic carbocycles. The summed E-state index contributed by atoms with van der Waals surface area (Å²) in [4.78, 5) is 11.8. The highest BCUT2D eigenvalue weighted by atomic mass is 35.5. The van der Waals surface area contributed by atoms with E-state index in [9.17, 15) is 4.79 Å². The first kappa shape index (κ1) is 15.3. The van der Waals surface area contributed by atoms with E-state index in [1.54, 1.807) is 12.1 Å². The van der Waals surface area contributed by atoms with Crippen LogP contribution in [0.1, 0.15) is 11.6 Å². The summed E-state index contributed by atoms with van der Waals surface area (Å²) in [6.45, 7) is 3.72. The third-order valence-electron chi connectivity index (χ3n) is 2.80. The molecule has 7 nitrogen and oxygen atoms in total. The molecule has 0 saturated heterocycles. The molecule has 1 aromatic heterocycles. The van der Waals surface area contributed by atoms with Gasteiger partial charge in [-0.25, -0.2) is 4.79 Å². The summed E-state index contributed by atoms with van der Waals surface area (Å²) in [6, 6.07) is 4.01. The zero-order valence-electron chi connectivity index (χ0n) is 11.0. The average Bonchev–Trinajstić information content (AvgIpc) is 2.86. The molecular formula is C12H11Cl2N5O2. The molecule has 0 bridgehead atoms. The molecule has 2 rings (SSSR count). The van der Waals surface area contributed by atoms with Gasteiger partial charge in [-0.15, -0.1) is 0 Å². The molecular weight excluding hydrogens is 317 g/mol. The molecule has 1 unspecified atom stereocenters. The number of carbonyl (C=O) groups excluding carboxylic acids is 1. The van der Waals surface area contributed by atoms with Crippen LogP contribution in [0.3, 0.4) is 0 Å². The zero-order chi connectivity index (χ0) is 15.6. The average molecular weight is 328 g/mol. The Labute approximate surface area is 130 Å². The lowest BCUT2D eigenvalue weighted by atomic mass is 10.00. The number of anilines is 1. The van der Waals surface area contributed by atoms with Crippen molar-refractivity contribution in [3.8, 4) is 0 Å². The minimum Gasteiger partial charge on any atom is -0.466 e. The van der Waals surface area contributed by atoms with Crippen LogP contribution in [0.25, 0.3) is 0 Å². The molecule has 1 aromatic carbocycles. The topological polar surface area (TPSA) is 95.9 Å². The number of methoxy groups -OCH3 is 1. The number of esters is 1. The van der Waals surface area contributed by atoms with Crippen molar-refractivity contribution in [1.82, 2.24) is 20.2 Å². The number of tetrazole rings is 1. The van der Waals surface area contributed by atoms with Crippen LogP contribution in [0.5, 0.6) is 0 Å². The van der Waals surface area contributed by atoms with Crippen molar-refractivity contribution in [2.75, 3.05) is 12.8 Å². The van der Waals surface area contributed by atoms with Gasteiger partial charge in [0.2, 0.25) is 5.95 Å². The lowest BCUT2D eigenvalue weighted by Gasteiger charge is -2.20. The molecule has 1 atom stereocenters. The van der Waals surface area contributed by atoms with Crippen molar-refractivity contribution in [2.24, 2.45) is 0 Å². The predicted octanol–water partition coefficient (Wildman–Crippen LogP) is 1.88. The number of aromatic nitrogens is 4. The molecule has 0 amide bonds. The number of nitrogen functional groups attached to an aromatic ring is 1. The van der Waals surface area contributed by atoms with Gasteiger partial charge in [0, 0.05) is 15.6 Å². The molecule has 1 heterocycles. The van der Waals surface area contributed by atoms with Crippen LogP contribution in [-0.2, 0) is 9.53 Å². The van der Waals surface area contributed by atoms with E-state index in [1.165, 1.54) is 17.9 Å². The second-order valence-corrected chi connectivity index (χ2v) is 4.91. The SMILES string of the molecule is C=C(C(=O)OC)C(c1ccc(Cl)cc1Cl)n1nnnc1N. The van der Waals surface area contributed by atoms with Crippen molar-refractivity contribution in [3.63, 3.8) is 0 Å². The third-order valence-corrected chi connectivity index (χ3v) is 3.36. The van der Waals surface area contributed by atoms with E-state index >= 15 is 0 Å². The van der Waals surface area contributed by atoms with Crippen molar-refractivity contribution in [3.05, 3.63) is 46.0 Å². The zero-order valence-corrected chi connectivity index (χ0v) is 12.5. The highest BCUT2D eigenvalue weighted by molar-refractivity contribution is 6.35. The van der Waals surface area contributed by atoms with Gasteiger partial charge in [0.25, 0.3) is 0 Å².